The Balaban J connectivity index is 2.03. The molecule has 23 heavy (non-hydrogen) atoms. The van der Waals surface area contributed by atoms with Crippen LogP contribution in [0, 0.1) is 15.9 Å². The third-order valence-electron chi connectivity index (χ3n) is 3.38. The van der Waals surface area contributed by atoms with Crippen LogP contribution in [0.5, 0.6) is 0 Å². The highest BCUT2D eigenvalue weighted by atomic mass is 19.1. The number of nitro benzene ring substituents is 1. The lowest BCUT2D eigenvalue weighted by Crippen LogP contribution is -2.37. The maximum Gasteiger partial charge on any atom is 0.269 e. The van der Waals surface area contributed by atoms with E-state index in [0.29, 0.717) is 5.56 Å². The molecule has 0 aliphatic heterocycles. The highest BCUT2D eigenvalue weighted by Gasteiger charge is 2.19. The molecule has 0 aliphatic carbocycles. The zero-order valence-electron chi connectivity index (χ0n) is 12.3. The molecule has 0 bridgehead atoms. The van der Waals surface area contributed by atoms with Crippen LogP contribution < -0.4 is 5.32 Å². The Bertz CT molecular complexity index is 701. The van der Waals surface area contributed by atoms with Crippen LogP contribution in [0.3, 0.4) is 0 Å². The molecule has 0 saturated carbocycles. The average molecular weight is 318 g/mol. The van der Waals surface area contributed by atoms with Gasteiger partial charge >= 0.3 is 0 Å². The van der Waals surface area contributed by atoms with E-state index >= 15 is 0 Å². The van der Waals surface area contributed by atoms with E-state index < -0.39 is 28.8 Å². The molecule has 2 N–H and O–H groups in total. The number of benzene rings is 2. The van der Waals surface area contributed by atoms with Crippen LogP contribution in [-0.4, -0.2) is 22.0 Å². The summed E-state index contributed by atoms with van der Waals surface area (Å²) in [6.07, 6.45) is -1.00. The molecule has 7 heteroatoms. The highest BCUT2D eigenvalue weighted by Crippen LogP contribution is 2.18. The lowest BCUT2D eigenvalue weighted by atomic mass is 10.0. The summed E-state index contributed by atoms with van der Waals surface area (Å²) >= 11 is 0. The predicted octanol–water partition coefficient (Wildman–Crippen LogP) is 2.59. The second kappa shape index (κ2) is 6.97. The first-order chi connectivity index (χ1) is 10.9. The fraction of sp³-hybridized carbons (Fsp3) is 0.188. The minimum Gasteiger partial charge on any atom is -0.386 e. The molecule has 0 fully saturated rings. The third kappa shape index (κ3) is 4.10. The first kappa shape index (κ1) is 16.6. The maximum absolute atomic E-state index is 12.9. The van der Waals surface area contributed by atoms with Crippen LogP contribution in [0.15, 0.2) is 48.5 Å². The van der Waals surface area contributed by atoms with Crippen molar-refractivity contribution in [3.63, 3.8) is 0 Å². The van der Waals surface area contributed by atoms with E-state index in [1.807, 2.05) is 0 Å². The van der Waals surface area contributed by atoms with Crippen molar-refractivity contribution in [2.75, 3.05) is 0 Å². The molecule has 1 amide bonds. The van der Waals surface area contributed by atoms with Gasteiger partial charge in [-0.05, 0) is 36.8 Å². The number of aliphatic hydroxyl groups is 1. The van der Waals surface area contributed by atoms with Crippen molar-refractivity contribution in [3.8, 4) is 0 Å². The molecule has 0 saturated heterocycles. The average Bonchev–Trinajstić information content (AvgIpc) is 2.54. The van der Waals surface area contributed by atoms with Crippen LogP contribution in [-0.2, 0) is 0 Å². The molecule has 2 aromatic rings. The quantitative estimate of drug-likeness (QED) is 0.654. The van der Waals surface area contributed by atoms with Gasteiger partial charge in [0.25, 0.3) is 11.6 Å². The first-order valence-electron chi connectivity index (χ1n) is 6.87. The van der Waals surface area contributed by atoms with Gasteiger partial charge in [-0.2, -0.15) is 0 Å². The van der Waals surface area contributed by atoms with Gasteiger partial charge in [0, 0.05) is 17.7 Å². The van der Waals surface area contributed by atoms with Crippen molar-refractivity contribution < 1.29 is 19.2 Å². The molecule has 0 heterocycles. The standard InChI is InChI=1S/C16H15FN2O4/c1-10(15(20)11-2-6-13(17)7-3-11)18-16(21)12-4-8-14(9-5-12)19(22)23/h2-10,15,20H,1H3,(H,18,21). The van der Waals surface area contributed by atoms with Gasteiger partial charge in [0.15, 0.2) is 0 Å². The fourth-order valence-electron chi connectivity index (χ4n) is 2.05. The molecule has 2 atom stereocenters. The van der Waals surface area contributed by atoms with E-state index in [0.717, 1.165) is 0 Å². The summed E-state index contributed by atoms with van der Waals surface area (Å²) < 4.78 is 12.9. The molecule has 0 aromatic heterocycles. The molecule has 2 aromatic carbocycles. The van der Waals surface area contributed by atoms with Crippen molar-refractivity contribution >= 4 is 11.6 Å². The highest BCUT2D eigenvalue weighted by molar-refractivity contribution is 5.94. The van der Waals surface area contributed by atoms with E-state index in [4.69, 9.17) is 0 Å². The predicted molar refractivity (Wildman–Crippen MR) is 81.4 cm³/mol. The number of carbonyl (C=O) groups is 1. The van der Waals surface area contributed by atoms with Crippen molar-refractivity contribution in [2.24, 2.45) is 0 Å². The minimum atomic E-state index is -1.00. The minimum absolute atomic E-state index is 0.110. The Morgan fingerprint density at radius 2 is 1.74 bits per heavy atom. The zero-order chi connectivity index (χ0) is 17.0. The van der Waals surface area contributed by atoms with E-state index in [9.17, 15) is 24.4 Å². The van der Waals surface area contributed by atoms with Crippen LogP contribution in [0.25, 0.3) is 0 Å². The fourth-order valence-corrected chi connectivity index (χ4v) is 2.05. The Hall–Kier alpha value is -2.80. The normalized spacial score (nSPS) is 13.2. The van der Waals surface area contributed by atoms with Gasteiger partial charge in [0.2, 0.25) is 0 Å². The van der Waals surface area contributed by atoms with Gasteiger partial charge in [-0.1, -0.05) is 12.1 Å². The molecule has 0 radical (unpaired) electrons. The Kier molecular flexibility index (Phi) is 5.02. The van der Waals surface area contributed by atoms with E-state index in [1.165, 1.54) is 48.5 Å². The topological polar surface area (TPSA) is 92.5 Å². The Labute approximate surface area is 131 Å². The number of hydrogen-bond acceptors (Lipinski definition) is 4. The summed E-state index contributed by atoms with van der Waals surface area (Å²) in [6.45, 7) is 1.61. The van der Waals surface area contributed by atoms with E-state index in [-0.39, 0.29) is 11.3 Å². The lowest BCUT2D eigenvalue weighted by Gasteiger charge is -2.20. The number of nitro groups is 1. The number of rotatable bonds is 5. The molecular weight excluding hydrogens is 303 g/mol. The van der Waals surface area contributed by atoms with E-state index in [1.54, 1.807) is 6.92 Å². The van der Waals surface area contributed by atoms with Gasteiger partial charge in [0.1, 0.15) is 5.82 Å². The second-order valence-corrected chi connectivity index (χ2v) is 5.06. The largest absolute Gasteiger partial charge is 0.386 e. The number of aliphatic hydroxyl groups excluding tert-OH is 1. The molecule has 120 valence electrons. The molecule has 2 unspecified atom stereocenters. The zero-order valence-corrected chi connectivity index (χ0v) is 12.3. The van der Waals surface area contributed by atoms with Gasteiger partial charge in [-0.15, -0.1) is 0 Å². The summed E-state index contributed by atoms with van der Waals surface area (Å²) in [7, 11) is 0. The van der Waals surface area contributed by atoms with Crippen molar-refractivity contribution in [1.29, 1.82) is 0 Å². The van der Waals surface area contributed by atoms with Crippen molar-refractivity contribution in [1.82, 2.24) is 5.32 Å². The van der Waals surface area contributed by atoms with Gasteiger partial charge < -0.3 is 10.4 Å². The number of non-ortho nitro benzene ring substituents is 1. The Morgan fingerprint density at radius 3 is 2.26 bits per heavy atom. The molecule has 0 spiro atoms. The lowest BCUT2D eigenvalue weighted by molar-refractivity contribution is -0.384. The smallest absolute Gasteiger partial charge is 0.269 e. The maximum atomic E-state index is 12.9. The number of halogens is 1. The van der Waals surface area contributed by atoms with Gasteiger partial charge in [0.05, 0.1) is 17.1 Å². The summed E-state index contributed by atoms with van der Waals surface area (Å²) in [5.41, 5.74) is 0.609. The van der Waals surface area contributed by atoms with Crippen molar-refractivity contribution in [2.45, 2.75) is 19.1 Å². The summed E-state index contributed by atoms with van der Waals surface area (Å²) in [5, 5.41) is 23.3. The first-order valence-corrected chi connectivity index (χ1v) is 6.87. The monoisotopic (exact) mass is 318 g/mol. The Morgan fingerprint density at radius 1 is 1.17 bits per heavy atom. The number of amides is 1. The second-order valence-electron chi connectivity index (χ2n) is 5.06. The number of nitrogens with zero attached hydrogens (tertiary/aromatic N) is 1. The van der Waals surface area contributed by atoms with Gasteiger partial charge in [-0.25, -0.2) is 4.39 Å². The number of hydrogen-bond donors (Lipinski definition) is 2. The van der Waals surface area contributed by atoms with Crippen LogP contribution in [0.2, 0.25) is 0 Å². The summed E-state index contributed by atoms with van der Waals surface area (Å²) in [5.74, 6) is -0.878. The molecule has 6 nitrogen and oxygen atoms in total. The van der Waals surface area contributed by atoms with Gasteiger partial charge in [-0.3, -0.25) is 14.9 Å². The molecular formula is C16H15FN2O4. The van der Waals surface area contributed by atoms with Crippen molar-refractivity contribution in [3.05, 3.63) is 75.6 Å². The third-order valence-corrected chi connectivity index (χ3v) is 3.38. The SMILES string of the molecule is CC(NC(=O)c1ccc([N+](=O)[O-])cc1)C(O)c1ccc(F)cc1. The summed E-state index contributed by atoms with van der Waals surface area (Å²) in [6, 6.07) is 9.85. The molecule has 2 rings (SSSR count). The summed E-state index contributed by atoms with van der Waals surface area (Å²) in [4.78, 5) is 22.1. The van der Waals surface area contributed by atoms with E-state index in [2.05, 4.69) is 5.32 Å². The van der Waals surface area contributed by atoms with Crippen LogP contribution in [0.4, 0.5) is 10.1 Å². The molecule has 0 aliphatic rings. The number of nitrogens with one attached hydrogen (secondary N) is 1. The van der Waals surface area contributed by atoms with Crippen LogP contribution >= 0.6 is 0 Å². The van der Waals surface area contributed by atoms with Crippen LogP contribution in [0.1, 0.15) is 28.9 Å². The number of carbonyl (C=O) groups excluding carboxylic acids is 1.